The molecule has 0 unspecified atom stereocenters. The quantitative estimate of drug-likeness (QED) is 0.673. The van der Waals surface area contributed by atoms with Crippen LogP contribution in [0, 0.1) is 18.6 Å². The standard InChI is InChI=1S/C16H16F2/c1-3-4-5-6-12-10-15(17)14-9-11(2)7-8-13(14)16(12)18/h3-4,7-10H,5-6H2,1-2H3/b4-3+. The van der Waals surface area contributed by atoms with Crippen LogP contribution in [0.5, 0.6) is 0 Å². The highest BCUT2D eigenvalue weighted by atomic mass is 19.1. The first-order valence-electron chi connectivity index (χ1n) is 6.12. The summed E-state index contributed by atoms with van der Waals surface area (Å²) in [6.45, 7) is 3.79. The van der Waals surface area contributed by atoms with Crippen LogP contribution in [0.15, 0.2) is 36.4 Å². The molecule has 0 saturated heterocycles. The second-order valence-electron chi connectivity index (χ2n) is 4.49. The van der Waals surface area contributed by atoms with Crippen LogP contribution in [-0.4, -0.2) is 0 Å². The Balaban J connectivity index is 2.51. The smallest absolute Gasteiger partial charge is 0.134 e. The Bertz CT molecular complexity index is 598. The summed E-state index contributed by atoms with van der Waals surface area (Å²) in [5.41, 5.74) is 1.38. The van der Waals surface area contributed by atoms with Crippen LogP contribution in [0.25, 0.3) is 10.8 Å². The summed E-state index contributed by atoms with van der Waals surface area (Å²) in [5, 5.41) is 0.735. The van der Waals surface area contributed by atoms with Crippen molar-refractivity contribution in [1.29, 1.82) is 0 Å². The number of hydrogen-bond donors (Lipinski definition) is 0. The molecule has 0 atom stereocenters. The highest BCUT2D eigenvalue weighted by Crippen LogP contribution is 2.26. The summed E-state index contributed by atoms with van der Waals surface area (Å²) < 4.78 is 28.1. The molecule has 94 valence electrons. The van der Waals surface area contributed by atoms with Gasteiger partial charge in [-0.2, -0.15) is 0 Å². The number of aryl methyl sites for hydroxylation is 2. The van der Waals surface area contributed by atoms with Crippen molar-refractivity contribution < 1.29 is 8.78 Å². The van der Waals surface area contributed by atoms with Gasteiger partial charge >= 0.3 is 0 Å². The third-order valence-electron chi connectivity index (χ3n) is 3.07. The lowest BCUT2D eigenvalue weighted by Crippen LogP contribution is -1.95. The average molecular weight is 246 g/mol. The number of hydrogen-bond acceptors (Lipinski definition) is 0. The predicted molar refractivity (Wildman–Crippen MR) is 71.7 cm³/mol. The van der Waals surface area contributed by atoms with E-state index in [9.17, 15) is 8.78 Å². The van der Waals surface area contributed by atoms with E-state index in [-0.39, 0.29) is 11.6 Å². The number of benzene rings is 2. The Morgan fingerprint density at radius 3 is 2.61 bits per heavy atom. The fourth-order valence-electron chi connectivity index (χ4n) is 2.10. The molecule has 2 rings (SSSR count). The number of fused-ring (bicyclic) bond motifs is 1. The Morgan fingerprint density at radius 1 is 1.11 bits per heavy atom. The van der Waals surface area contributed by atoms with E-state index in [4.69, 9.17) is 0 Å². The predicted octanol–water partition coefficient (Wildman–Crippen LogP) is 4.94. The third kappa shape index (κ3) is 2.42. The van der Waals surface area contributed by atoms with Crippen molar-refractivity contribution in [2.75, 3.05) is 0 Å². The van der Waals surface area contributed by atoms with Gasteiger partial charge in [-0.05, 0) is 44.4 Å². The van der Waals surface area contributed by atoms with E-state index in [0.717, 1.165) is 12.0 Å². The molecule has 0 aliphatic rings. The van der Waals surface area contributed by atoms with Gasteiger partial charge in [0.1, 0.15) is 11.6 Å². The summed E-state index contributed by atoms with van der Waals surface area (Å²) in [5.74, 6) is -0.638. The van der Waals surface area contributed by atoms with E-state index < -0.39 is 0 Å². The van der Waals surface area contributed by atoms with Crippen LogP contribution in [0.3, 0.4) is 0 Å². The SMILES string of the molecule is C/C=C/CCc1cc(F)c2cc(C)ccc2c1F. The largest absolute Gasteiger partial charge is 0.206 e. The van der Waals surface area contributed by atoms with Crippen molar-refractivity contribution in [2.45, 2.75) is 26.7 Å². The van der Waals surface area contributed by atoms with Gasteiger partial charge in [0, 0.05) is 10.8 Å². The van der Waals surface area contributed by atoms with Crippen LogP contribution < -0.4 is 0 Å². The molecule has 0 N–H and O–H groups in total. The normalized spacial score (nSPS) is 11.6. The van der Waals surface area contributed by atoms with E-state index >= 15 is 0 Å². The maximum Gasteiger partial charge on any atom is 0.134 e. The molecule has 0 amide bonds. The fraction of sp³-hybridized carbons (Fsp3) is 0.250. The van der Waals surface area contributed by atoms with Crippen molar-refractivity contribution >= 4 is 10.8 Å². The lowest BCUT2D eigenvalue weighted by molar-refractivity contribution is 0.602. The lowest BCUT2D eigenvalue weighted by atomic mass is 10.0. The van der Waals surface area contributed by atoms with Gasteiger partial charge in [-0.25, -0.2) is 8.78 Å². The minimum absolute atomic E-state index is 0.295. The van der Waals surface area contributed by atoms with E-state index in [0.29, 0.717) is 22.8 Å². The molecule has 0 radical (unpaired) electrons. The van der Waals surface area contributed by atoms with Crippen LogP contribution in [0.1, 0.15) is 24.5 Å². The van der Waals surface area contributed by atoms with Gasteiger partial charge in [-0.1, -0.05) is 29.8 Å². The highest BCUT2D eigenvalue weighted by Gasteiger charge is 2.11. The molecule has 0 fully saturated rings. The molecule has 0 spiro atoms. The summed E-state index contributed by atoms with van der Waals surface area (Å²) in [4.78, 5) is 0. The van der Waals surface area contributed by atoms with Gasteiger partial charge in [0.25, 0.3) is 0 Å². The maximum atomic E-state index is 14.2. The summed E-state index contributed by atoms with van der Waals surface area (Å²) >= 11 is 0. The number of rotatable bonds is 3. The van der Waals surface area contributed by atoms with Crippen LogP contribution >= 0.6 is 0 Å². The third-order valence-corrected chi connectivity index (χ3v) is 3.07. The zero-order chi connectivity index (χ0) is 13.1. The Kier molecular flexibility index (Phi) is 3.75. The molecule has 0 nitrogen and oxygen atoms in total. The maximum absolute atomic E-state index is 14.2. The van der Waals surface area contributed by atoms with Gasteiger partial charge < -0.3 is 0 Å². The molecule has 2 aromatic rings. The minimum atomic E-state index is -0.342. The molecule has 0 saturated carbocycles. The molecule has 18 heavy (non-hydrogen) atoms. The molecule has 0 aromatic heterocycles. The molecule has 0 bridgehead atoms. The van der Waals surface area contributed by atoms with Crippen LogP contribution in [0.4, 0.5) is 8.78 Å². The lowest BCUT2D eigenvalue weighted by Gasteiger charge is -2.08. The van der Waals surface area contributed by atoms with Gasteiger partial charge in [0.05, 0.1) is 0 Å². The first-order chi connectivity index (χ1) is 8.63. The van der Waals surface area contributed by atoms with Crippen molar-refractivity contribution in [1.82, 2.24) is 0 Å². The number of allylic oxidation sites excluding steroid dienone is 2. The second-order valence-corrected chi connectivity index (χ2v) is 4.49. The zero-order valence-electron chi connectivity index (χ0n) is 10.6. The van der Waals surface area contributed by atoms with E-state index in [1.165, 1.54) is 6.07 Å². The van der Waals surface area contributed by atoms with Gasteiger partial charge in [-0.3, -0.25) is 0 Å². The minimum Gasteiger partial charge on any atom is -0.206 e. The fourth-order valence-corrected chi connectivity index (χ4v) is 2.10. The monoisotopic (exact) mass is 246 g/mol. The summed E-state index contributed by atoms with van der Waals surface area (Å²) in [6, 6.07) is 6.47. The van der Waals surface area contributed by atoms with Gasteiger partial charge in [0.15, 0.2) is 0 Å². The van der Waals surface area contributed by atoms with Crippen molar-refractivity contribution in [2.24, 2.45) is 0 Å². The second kappa shape index (κ2) is 5.30. The molecule has 0 aliphatic carbocycles. The van der Waals surface area contributed by atoms with E-state index in [1.807, 2.05) is 26.0 Å². The molecule has 2 heteroatoms. The summed E-state index contributed by atoms with van der Waals surface area (Å²) in [7, 11) is 0. The van der Waals surface area contributed by atoms with E-state index in [1.54, 1.807) is 18.2 Å². The molecule has 2 aromatic carbocycles. The molecule has 0 heterocycles. The van der Waals surface area contributed by atoms with Crippen molar-refractivity contribution in [3.05, 3.63) is 59.2 Å². The Morgan fingerprint density at radius 2 is 1.89 bits per heavy atom. The first kappa shape index (κ1) is 12.7. The molecular formula is C16H16F2. The van der Waals surface area contributed by atoms with Gasteiger partial charge in [0.2, 0.25) is 0 Å². The first-order valence-corrected chi connectivity index (χ1v) is 6.12. The van der Waals surface area contributed by atoms with Crippen LogP contribution in [0.2, 0.25) is 0 Å². The average Bonchev–Trinajstić information content (AvgIpc) is 2.35. The Labute approximate surface area is 106 Å². The number of halogens is 2. The van der Waals surface area contributed by atoms with Crippen molar-refractivity contribution in [3.8, 4) is 0 Å². The molecule has 0 aliphatic heterocycles. The van der Waals surface area contributed by atoms with E-state index in [2.05, 4.69) is 0 Å². The highest BCUT2D eigenvalue weighted by molar-refractivity contribution is 5.85. The van der Waals surface area contributed by atoms with Crippen LogP contribution in [-0.2, 0) is 6.42 Å². The Hall–Kier alpha value is -1.70. The molecular weight excluding hydrogens is 230 g/mol. The topological polar surface area (TPSA) is 0 Å². The zero-order valence-corrected chi connectivity index (χ0v) is 10.6. The van der Waals surface area contributed by atoms with Crippen molar-refractivity contribution in [3.63, 3.8) is 0 Å². The summed E-state index contributed by atoms with van der Waals surface area (Å²) in [6.07, 6.45) is 5.12. The van der Waals surface area contributed by atoms with Gasteiger partial charge in [-0.15, -0.1) is 0 Å².